The molecule has 0 unspecified atom stereocenters. The van der Waals surface area contributed by atoms with Gasteiger partial charge in [0.15, 0.2) is 0 Å². The molecule has 0 amide bonds. The Morgan fingerprint density at radius 2 is 2.19 bits per heavy atom. The summed E-state index contributed by atoms with van der Waals surface area (Å²) in [4.78, 5) is 3.88. The number of halogens is 3. The van der Waals surface area contributed by atoms with Crippen LogP contribution in [0.25, 0.3) is 0 Å². The summed E-state index contributed by atoms with van der Waals surface area (Å²) in [5.74, 6) is 0.431. The third kappa shape index (κ3) is 4.86. The van der Waals surface area contributed by atoms with Crippen molar-refractivity contribution in [1.82, 2.24) is 4.98 Å². The van der Waals surface area contributed by atoms with E-state index in [1.54, 1.807) is 12.1 Å². The zero-order chi connectivity index (χ0) is 12.0. The lowest BCUT2D eigenvalue weighted by molar-refractivity contribution is -0.134. The monoisotopic (exact) mass is 234 g/mol. The van der Waals surface area contributed by atoms with Crippen LogP contribution in [0.15, 0.2) is 18.3 Å². The first-order chi connectivity index (χ1) is 7.51. The van der Waals surface area contributed by atoms with Crippen LogP contribution >= 0.6 is 0 Å². The molecule has 1 aromatic heterocycles. The molecule has 0 radical (unpaired) electrons. The Morgan fingerprint density at radius 3 is 2.81 bits per heavy atom. The third-order valence-corrected chi connectivity index (χ3v) is 1.91. The lowest BCUT2D eigenvalue weighted by Gasteiger charge is -2.08. The maximum atomic E-state index is 11.8. The quantitative estimate of drug-likeness (QED) is 0.795. The number of ether oxygens (including phenoxy) is 1. The van der Waals surface area contributed by atoms with Crippen molar-refractivity contribution in [3.8, 4) is 5.88 Å². The smallest absolute Gasteiger partial charge is 0.389 e. The summed E-state index contributed by atoms with van der Waals surface area (Å²) in [6.45, 7) is 0.271. The van der Waals surface area contributed by atoms with Crippen LogP contribution in [0.5, 0.6) is 5.88 Å². The topological polar surface area (TPSA) is 34.1 Å². The fraction of sp³-hybridized carbons (Fsp3) is 0.500. The Morgan fingerprint density at radius 1 is 1.44 bits per heavy atom. The highest BCUT2D eigenvalue weighted by atomic mass is 19.4. The Hall–Kier alpha value is -1.46. The van der Waals surface area contributed by atoms with Crippen molar-refractivity contribution >= 4 is 5.69 Å². The van der Waals surface area contributed by atoms with E-state index in [0.717, 1.165) is 0 Å². The molecule has 3 nitrogen and oxygen atoms in total. The molecule has 0 spiro atoms. The number of anilines is 1. The minimum absolute atomic E-state index is 0.0497. The molecule has 0 saturated heterocycles. The minimum atomic E-state index is -4.09. The number of nitrogens with zero attached hydrogens (tertiary/aromatic N) is 1. The van der Waals surface area contributed by atoms with Gasteiger partial charge < -0.3 is 10.1 Å². The molecule has 0 aliphatic rings. The molecular formula is C10H13F3N2O. The zero-order valence-corrected chi connectivity index (χ0v) is 8.84. The lowest BCUT2D eigenvalue weighted by atomic mass is 10.3. The summed E-state index contributed by atoms with van der Waals surface area (Å²) in [6, 6.07) is 3.31. The maximum Gasteiger partial charge on any atom is 0.389 e. The van der Waals surface area contributed by atoms with Crippen molar-refractivity contribution in [2.45, 2.75) is 19.0 Å². The Kier molecular flexibility index (Phi) is 4.39. The van der Waals surface area contributed by atoms with Crippen molar-refractivity contribution in [1.29, 1.82) is 0 Å². The number of rotatable bonds is 5. The van der Waals surface area contributed by atoms with Gasteiger partial charge in [0.25, 0.3) is 0 Å². The molecule has 0 atom stereocenters. The van der Waals surface area contributed by atoms with Gasteiger partial charge >= 0.3 is 6.18 Å². The molecule has 0 saturated carbocycles. The number of hydrogen-bond acceptors (Lipinski definition) is 3. The third-order valence-electron chi connectivity index (χ3n) is 1.91. The molecule has 0 aliphatic carbocycles. The van der Waals surface area contributed by atoms with Crippen LogP contribution in [0.2, 0.25) is 0 Å². The summed E-state index contributed by atoms with van der Waals surface area (Å²) in [6.07, 6.45) is -3.28. The molecule has 1 N–H and O–H groups in total. The standard InChI is InChI=1S/C10H13F3N2O/c1-16-9-7-8(3-6-15-9)14-5-2-4-10(11,12)13/h3,6-7H,2,4-5H2,1H3,(H,14,15). The highest BCUT2D eigenvalue weighted by molar-refractivity contribution is 5.44. The van der Waals surface area contributed by atoms with Gasteiger partial charge in [-0.15, -0.1) is 0 Å². The van der Waals surface area contributed by atoms with Crippen molar-refractivity contribution in [2.75, 3.05) is 19.0 Å². The number of methoxy groups -OCH3 is 1. The maximum absolute atomic E-state index is 11.8. The number of alkyl halides is 3. The first-order valence-electron chi connectivity index (χ1n) is 4.82. The molecule has 6 heteroatoms. The van der Waals surface area contributed by atoms with E-state index in [-0.39, 0.29) is 13.0 Å². The summed E-state index contributed by atoms with van der Waals surface area (Å²) < 4.78 is 40.4. The van der Waals surface area contributed by atoms with Crippen LogP contribution < -0.4 is 10.1 Å². The Labute approximate surface area is 91.6 Å². The summed E-state index contributed by atoms with van der Waals surface area (Å²) in [5, 5.41) is 2.87. The molecular weight excluding hydrogens is 221 g/mol. The normalized spacial score (nSPS) is 11.2. The molecule has 0 aromatic carbocycles. The minimum Gasteiger partial charge on any atom is -0.481 e. The Bertz CT molecular complexity index is 328. The van der Waals surface area contributed by atoms with Crippen LogP contribution in [-0.2, 0) is 0 Å². The molecule has 1 rings (SSSR count). The SMILES string of the molecule is COc1cc(NCCCC(F)(F)F)ccn1. The van der Waals surface area contributed by atoms with Gasteiger partial charge in [0.1, 0.15) is 0 Å². The summed E-state index contributed by atoms with van der Waals surface area (Å²) >= 11 is 0. The second-order valence-corrected chi connectivity index (χ2v) is 3.23. The van der Waals surface area contributed by atoms with E-state index in [9.17, 15) is 13.2 Å². The van der Waals surface area contributed by atoms with Crippen LogP contribution in [0.1, 0.15) is 12.8 Å². The molecule has 90 valence electrons. The summed E-state index contributed by atoms with van der Waals surface area (Å²) in [5.41, 5.74) is 0.703. The Balaban J connectivity index is 2.32. The predicted octanol–water partition coefficient (Wildman–Crippen LogP) is 2.84. The second-order valence-electron chi connectivity index (χ2n) is 3.23. The predicted molar refractivity (Wildman–Crippen MR) is 54.6 cm³/mol. The van der Waals surface area contributed by atoms with Gasteiger partial charge in [-0.05, 0) is 12.5 Å². The van der Waals surface area contributed by atoms with Gasteiger partial charge in [0.2, 0.25) is 5.88 Å². The van der Waals surface area contributed by atoms with E-state index >= 15 is 0 Å². The van der Waals surface area contributed by atoms with Crippen molar-refractivity contribution in [3.63, 3.8) is 0 Å². The van der Waals surface area contributed by atoms with Crippen LogP contribution in [0.4, 0.5) is 18.9 Å². The molecule has 0 bridgehead atoms. The molecule has 16 heavy (non-hydrogen) atoms. The molecule has 0 fully saturated rings. The fourth-order valence-electron chi connectivity index (χ4n) is 1.15. The van der Waals surface area contributed by atoms with Crippen molar-refractivity contribution < 1.29 is 17.9 Å². The van der Waals surface area contributed by atoms with Gasteiger partial charge in [0.05, 0.1) is 7.11 Å². The van der Waals surface area contributed by atoms with E-state index < -0.39 is 12.6 Å². The van der Waals surface area contributed by atoms with Gasteiger partial charge in [-0.3, -0.25) is 0 Å². The van der Waals surface area contributed by atoms with Crippen molar-refractivity contribution in [2.24, 2.45) is 0 Å². The van der Waals surface area contributed by atoms with Crippen LogP contribution in [0.3, 0.4) is 0 Å². The molecule has 1 aromatic rings. The molecule has 1 heterocycles. The largest absolute Gasteiger partial charge is 0.481 e. The van der Waals surface area contributed by atoms with Gasteiger partial charge in [-0.2, -0.15) is 13.2 Å². The van der Waals surface area contributed by atoms with Gasteiger partial charge in [-0.1, -0.05) is 0 Å². The van der Waals surface area contributed by atoms with E-state index in [1.807, 2.05) is 0 Å². The number of hydrogen-bond donors (Lipinski definition) is 1. The first-order valence-corrected chi connectivity index (χ1v) is 4.82. The zero-order valence-electron chi connectivity index (χ0n) is 8.84. The van der Waals surface area contributed by atoms with E-state index in [2.05, 4.69) is 10.3 Å². The highest BCUT2D eigenvalue weighted by Gasteiger charge is 2.25. The fourth-order valence-corrected chi connectivity index (χ4v) is 1.15. The number of nitrogens with one attached hydrogen (secondary N) is 1. The average Bonchev–Trinajstić information content (AvgIpc) is 2.23. The van der Waals surface area contributed by atoms with Crippen molar-refractivity contribution in [3.05, 3.63) is 18.3 Å². The van der Waals surface area contributed by atoms with E-state index in [1.165, 1.54) is 13.3 Å². The highest BCUT2D eigenvalue weighted by Crippen LogP contribution is 2.21. The molecule has 0 aliphatic heterocycles. The van der Waals surface area contributed by atoms with Gasteiger partial charge in [-0.25, -0.2) is 4.98 Å². The lowest BCUT2D eigenvalue weighted by Crippen LogP contribution is -2.11. The van der Waals surface area contributed by atoms with E-state index in [0.29, 0.717) is 11.6 Å². The van der Waals surface area contributed by atoms with Crippen LogP contribution in [-0.4, -0.2) is 24.8 Å². The number of pyridine rings is 1. The second kappa shape index (κ2) is 5.58. The first kappa shape index (κ1) is 12.6. The summed E-state index contributed by atoms with van der Waals surface area (Å²) in [7, 11) is 1.48. The van der Waals surface area contributed by atoms with Crippen LogP contribution in [0, 0.1) is 0 Å². The van der Waals surface area contributed by atoms with Gasteiger partial charge in [0, 0.05) is 30.9 Å². The average molecular weight is 234 g/mol. The van der Waals surface area contributed by atoms with E-state index in [4.69, 9.17) is 4.74 Å². The number of aromatic nitrogens is 1.